The molecule has 0 radical (unpaired) electrons. The fourth-order valence-electron chi connectivity index (χ4n) is 3.77. The molecule has 4 rings (SSSR count). The van der Waals surface area contributed by atoms with Crippen LogP contribution in [0.4, 0.5) is 13.2 Å². The highest BCUT2D eigenvalue weighted by Gasteiger charge is 2.35. The highest BCUT2D eigenvalue weighted by molar-refractivity contribution is 6.05. The van der Waals surface area contributed by atoms with Gasteiger partial charge in [0.25, 0.3) is 0 Å². The van der Waals surface area contributed by atoms with E-state index in [1.54, 1.807) is 18.6 Å². The van der Waals surface area contributed by atoms with Gasteiger partial charge >= 0.3 is 6.18 Å². The van der Waals surface area contributed by atoms with E-state index in [0.717, 1.165) is 28.3 Å². The SMILES string of the molecule is O=C(CC(F)(F)F)N1CCC[C@@H](c2cc[nH]c3cnc4nccc4c23)C1. The minimum atomic E-state index is -4.47. The van der Waals surface area contributed by atoms with E-state index in [-0.39, 0.29) is 5.92 Å². The Hall–Kier alpha value is -2.64. The number of likely N-dealkylation sites (tertiary alicyclic amines) is 1. The summed E-state index contributed by atoms with van der Waals surface area (Å²) in [6.45, 7) is 0.670. The molecule has 0 saturated carbocycles. The third-order valence-electron chi connectivity index (χ3n) is 4.89. The number of alkyl halides is 3. The molecule has 1 aliphatic rings. The number of fused-ring (bicyclic) bond motifs is 3. The molecular weight excluding hydrogens is 345 g/mol. The summed E-state index contributed by atoms with van der Waals surface area (Å²) in [5, 5.41) is 1.89. The zero-order valence-corrected chi connectivity index (χ0v) is 13.9. The quantitative estimate of drug-likeness (QED) is 0.755. The van der Waals surface area contributed by atoms with Crippen LogP contribution in [0.15, 0.2) is 30.7 Å². The van der Waals surface area contributed by atoms with Gasteiger partial charge in [0, 0.05) is 42.2 Å². The Bertz CT molecular complexity index is 966. The van der Waals surface area contributed by atoms with Gasteiger partial charge < -0.3 is 9.88 Å². The molecule has 1 atom stereocenters. The lowest BCUT2D eigenvalue weighted by Gasteiger charge is -2.33. The summed E-state index contributed by atoms with van der Waals surface area (Å²) in [6, 6.07) is 3.83. The lowest BCUT2D eigenvalue weighted by Crippen LogP contribution is -2.40. The summed E-state index contributed by atoms with van der Waals surface area (Å²) in [5.41, 5.74) is 2.50. The second kappa shape index (κ2) is 6.26. The number of halogens is 3. The van der Waals surface area contributed by atoms with E-state index in [1.807, 2.05) is 12.1 Å². The second-order valence-electron chi connectivity index (χ2n) is 6.63. The second-order valence-corrected chi connectivity index (χ2v) is 6.63. The molecule has 1 amide bonds. The number of piperidine rings is 1. The highest BCUT2D eigenvalue weighted by Crippen LogP contribution is 2.35. The Labute approximate surface area is 147 Å². The molecule has 5 nitrogen and oxygen atoms in total. The van der Waals surface area contributed by atoms with Gasteiger partial charge in [0.15, 0.2) is 5.65 Å². The number of aromatic amines is 1. The lowest BCUT2D eigenvalue weighted by molar-refractivity contribution is -0.162. The number of aromatic nitrogens is 3. The minimum Gasteiger partial charge on any atom is -0.360 e. The number of carbonyl (C=O) groups is 1. The number of amides is 1. The molecule has 1 aliphatic heterocycles. The van der Waals surface area contributed by atoms with Crippen molar-refractivity contribution in [3.8, 4) is 0 Å². The van der Waals surface area contributed by atoms with Gasteiger partial charge in [-0.2, -0.15) is 13.2 Å². The number of rotatable bonds is 2. The first kappa shape index (κ1) is 16.8. The van der Waals surface area contributed by atoms with Gasteiger partial charge in [0.2, 0.25) is 5.91 Å². The van der Waals surface area contributed by atoms with Crippen LogP contribution in [0, 0.1) is 0 Å². The van der Waals surface area contributed by atoms with Gasteiger partial charge in [-0.3, -0.25) is 4.79 Å². The Morgan fingerprint density at radius 1 is 1.31 bits per heavy atom. The van der Waals surface area contributed by atoms with Gasteiger partial charge in [-0.05, 0) is 30.5 Å². The van der Waals surface area contributed by atoms with Gasteiger partial charge in [-0.25, -0.2) is 9.97 Å². The number of pyridine rings is 2. The number of nitrogens with zero attached hydrogens (tertiary/aromatic N) is 3. The fraction of sp³-hybridized carbons (Fsp3) is 0.389. The van der Waals surface area contributed by atoms with Gasteiger partial charge in [0.1, 0.15) is 6.42 Å². The Morgan fingerprint density at radius 3 is 2.96 bits per heavy atom. The summed E-state index contributed by atoms with van der Waals surface area (Å²) >= 11 is 0. The maximum atomic E-state index is 12.6. The maximum Gasteiger partial charge on any atom is 0.397 e. The first-order chi connectivity index (χ1) is 12.4. The summed E-state index contributed by atoms with van der Waals surface area (Å²) in [4.78, 5) is 25.0. The van der Waals surface area contributed by atoms with Crippen molar-refractivity contribution in [1.29, 1.82) is 0 Å². The molecule has 0 bridgehead atoms. The van der Waals surface area contributed by atoms with E-state index >= 15 is 0 Å². The molecule has 3 aromatic rings. The van der Waals surface area contributed by atoms with Crippen LogP contribution >= 0.6 is 0 Å². The normalized spacial score (nSPS) is 18.6. The molecule has 8 heteroatoms. The summed E-state index contributed by atoms with van der Waals surface area (Å²) in [7, 11) is 0. The number of H-pyrrole nitrogens is 1. The van der Waals surface area contributed by atoms with Crippen molar-refractivity contribution < 1.29 is 18.0 Å². The fourth-order valence-corrected chi connectivity index (χ4v) is 3.77. The van der Waals surface area contributed by atoms with Gasteiger partial charge in [0.05, 0.1) is 11.7 Å². The zero-order chi connectivity index (χ0) is 18.3. The first-order valence-corrected chi connectivity index (χ1v) is 8.47. The molecule has 0 unspecified atom stereocenters. The third kappa shape index (κ3) is 3.11. The molecule has 26 heavy (non-hydrogen) atoms. The van der Waals surface area contributed by atoms with Crippen LogP contribution in [-0.2, 0) is 4.79 Å². The Morgan fingerprint density at radius 2 is 2.15 bits per heavy atom. The summed E-state index contributed by atoms with van der Waals surface area (Å²) < 4.78 is 37.7. The van der Waals surface area contributed by atoms with Gasteiger partial charge in [-0.1, -0.05) is 0 Å². The molecule has 1 N–H and O–H groups in total. The minimum absolute atomic E-state index is 0.0152. The van der Waals surface area contributed by atoms with Crippen molar-refractivity contribution in [1.82, 2.24) is 19.9 Å². The molecule has 136 valence electrons. The van der Waals surface area contributed by atoms with Crippen molar-refractivity contribution in [3.63, 3.8) is 0 Å². The molecule has 1 saturated heterocycles. The molecule has 4 heterocycles. The number of nitrogens with one attached hydrogen (secondary N) is 1. The van der Waals surface area contributed by atoms with Crippen LogP contribution in [0.25, 0.3) is 21.9 Å². The summed E-state index contributed by atoms with van der Waals surface area (Å²) in [5.74, 6) is -0.866. The first-order valence-electron chi connectivity index (χ1n) is 8.47. The standard InChI is InChI=1S/C18H17F3N4O/c19-18(20,21)8-15(26)25-7-1-2-11(10-25)12-3-5-22-14-9-24-17-13(16(12)14)4-6-23-17/h3-6,9,11,22H,1-2,7-8,10H2/t11-/m1/s1. The average Bonchev–Trinajstić information content (AvgIpc) is 3.09. The van der Waals surface area contributed by atoms with Crippen molar-refractivity contribution in [2.45, 2.75) is 31.4 Å². The maximum absolute atomic E-state index is 12.6. The van der Waals surface area contributed by atoms with E-state index in [2.05, 4.69) is 15.0 Å². The zero-order valence-electron chi connectivity index (χ0n) is 13.9. The molecule has 0 aromatic carbocycles. The predicted octanol–water partition coefficient (Wildman–Crippen LogP) is 3.77. The van der Waals surface area contributed by atoms with Gasteiger partial charge in [-0.15, -0.1) is 0 Å². The molecule has 3 aromatic heterocycles. The molecule has 0 spiro atoms. The van der Waals surface area contributed by atoms with E-state index in [1.165, 1.54) is 4.90 Å². The van der Waals surface area contributed by atoms with Crippen LogP contribution in [0.3, 0.4) is 0 Å². The molecule has 0 aliphatic carbocycles. The van der Waals surface area contributed by atoms with Crippen LogP contribution in [-0.4, -0.2) is 45.0 Å². The largest absolute Gasteiger partial charge is 0.397 e. The van der Waals surface area contributed by atoms with Crippen molar-refractivity contribution in [3.05, 3.63) is 36.3 Å². The molecule has 1 fully saturated rings. The van der Waals surface area contributed by atoms with Crippen molar-refractivity contribution in [2.24, 2.45) is 0 Å². The Balaban J connectivity index is 1.69. The monoisotopic (exact) mass is 362 g/mol. The van der Waals surface area contributed by atoms with E-state index < -0.39 is 18.5 Å². The van der Waals surface area contributed by atoms with Crippen LogP contribution < -0.4 is 0 Å². The topological polar surface area (TPSA) is 61.9 Å². The third-order valence-corrected chi connectivity index (χ3v) is 4.89. The van der Waals surface area contributed by atoms with Crippen molar-refractivity contribution in [2.75, 3.05) is 13.1 Å². The molecular formula is C18H17F3N4O. The number of hydrogen-bond acceptors (Lipinski definition) is 3. The average molecular weight is 362 g/mol. The van der Waals surface area contributed by atoms with Crippen LogP contribution in [0.1, 0.15) is 30.7 Å². The number of hydrogen-bond donors (Lipinski definition) is 1. The van der Waals surface area contributed by atoms with E-state index in [4.69, 9.17) is 0 Å². The predicted molar refractivity (Wildman–Crippen MR) is 90.6 cm³/mol. The lowest BCUT2D eigenvalue weighted by atomic mass is 9.88. The highest BCUT2D eigenvalue weighted by atomic mass is 19.4. The Kier molecular flexibility index (Phi) is 4.05. The van der Waals surface area contributed by atoms with E-state index in [9.17, 15) is 18.0 Å². The van der Waals surface area contributed by atoms with Crippen LogP contribution in [0.2, 0.25) is 0 Å². The van der Waals surface area contributed by atoms with Crippen LogP contribution in [0.5, 0.6) is 0 Å². The van der Waals surface area contributed by atoms with E-state index in [0.29, 0.717) is 25.2 Å². The smallest absolute Gasteiger partial charge is 0.360 e. The van der Waals surface area contributed by atoms with Crippen molar-refractivity contribution >= 4 is 27.8 Å². The number of carbonyl (C=O) groups excluding carboxylic acids is 1. The summed E-state index contributed by atoms with van der Waals surface area (Å²) in [6.07, 6.45) is 0.839.